The van der Waals surface area contributed by atoms with E-state index < -0.39 is 0 Å². The molecule has 1 aromatic rings. The lowest BCUT2D eigenvalue weighted by Crippen LogP contribution is -2.27. The Balaban J connectivity index is 2.46. The second-order valence-corrected chi connectivity index (χ2v) is 4.03. The number of methoxy groups -OCH3 is 3. The lowest BCUT2D eigenvalue weighted by atomic mass is 10.1. The number of thiocarbonyl (C=S) groups is 1. The number of ether oxygens (including phenoxy) is 3. The van der Waals surface area contributed by atoms with E-state index in [4.69, 9.17) is 26.4 Å². The van der Waals surface area contributed by atoms with Crippen LogP contribution in [0.5, 0.6) is 17.2 Å². The molecule has 1 aromatic carbocycles. The number of benzene rings is 1. The molecule has 18 heavy (non-hydrogen) atoms. The van der Waals surface area contributed by atoms with Crippen LogP contribution in [0.3, 0.4) is 0 Å². The summed E-state index contributed by atoms with van der Waals surface area (Å²) in [5, 5.41) is 3.59. The normalized spacial score (nSPS) is 17.9. The van der Waals surface area contributed by atoms with Crippen molar-refractivity contribution in [2.24, 2.45) is 0 Å². The molecule has 6 nitrogen and oxygen atoms in total. The number of hydrogen-bond acceptors (Lipinski definition) is 5. The average molecular weight is 269 g/mol. The predicted octanol–water partition coefficient (Wildman–Crippen LogP) is 0.693. The van der Waals surface area contributed by atoms with Crippen molar-refractivity contribution in [3.05, 3.63) is 17.7 Å². The molecular formula is C11H15N3O3S. The Kier molecular flexibility index (Phi) is 3.73. The van der Waals surface area contributed by atoms with Gasteiger partial charge in [-0.25, -0.2) is 5.43 Å². The largest absolute Gasteiger partial charge is 0.496 e. The van der Waals surface area contributed by atoms with E-state index in [2.05, 4.69) is 16.2 Å². The Morgan fingerprint density at radius 2 is 1.67 bits per heavy atom. The maximum Gasteiger partial charge on any atom is 0.182 e. The van der Waals surface area contributed by atoms with Gasteiger partial charge in [-0.15, -0.1) is 0 Å². The summed E-state index contributed by atoms with van der Waals surface area (Å²) in [6, 6.07) is 3.59. The van der Waals surface area contributed by atoms with Gasteiger partial charge in [0.1, 0.15) is 23.4 Å². The summed E-state index contributed by atoms with van der Waals surface area (Å²) in [6.07, 6.45) is -0.215. The fourth-order valence-corrected chi connectivity index (χ4v) is 1.98. The molecule has 1 aliphatic rings. The monoisotopic (exact) mass is 269 g/mol. The highest BCUT2D eigenvalue weighted by Gasteiger charge is 2.26. The van der Waals surface area contributed by atoms with E-state index in [9.17, 15) is 0 Å². The van der Waals surface area contributed by atoms with Gasteiger partial charge in [-0.2, -0.15) is 0 Å². The zero-order valence-electron chi connectivity index (χ0n) is 10.4. The first kappa shape index (κ1) is 12.7. The molecule has 3 N–H and O–H groups in total. The smallest absolute Gasteiger partial charge is 0.182 e. The average Bonchev–Trinajstić information content (AvgIpc) is 2.83. The molecule has 1 fully saturated rings. The number of hydrogen-bond donors (Lipinski definition) is 3. The van der Waals surface area contributed by atoms with Gasteiger partial charge in [0, 0.05) is 12.1 Å². The summed E-state index contributed by atoms with van der Waals surface area (Å²) in [6.45, 7) is 0. The highest BCUT2D eigenvalue weighted by molar-refractivity contribution is 7.80. The van der Waals surface area contributed by atoms with Crippen LogP contribution in [0.15, 0.2) is 12.1 Å². The molecule has 1 atom stereocenters. The zero-order valence-corrected chi connectivity index (χ0v) is 11.2. The van der Waals surface area contributed by atoms with Crippen molar-refractivity contribution in [2.75, 3.05) is 21.3 Å². The van der Waals surface area contributed by atoms with E-state index >= 15 is 0 Å². The molecule has 0 aromatic heterocycles. The van der Waals surface area contributed by atoms with Gasteiger partial charge in [-0.3, -0.25) is 5.43 Å². The molecule has 2 rings (SSSR count). The molecule has 1 saturated heterocycles. The molecule has 0 radical (unpaired) electrons. The van der Waals surface area contributed by atoms with Crippen LogP contribution >= 0.6 is 12.2 Å². The van der Waals surface area contributed by atoms with Crippen LogP contribution in [0.1, 0.15) is 11.7 Å². The van der Waals surface area contributed by atoms with Crippen LogP contribution in [-0.4, -0.2) is 26.4 Å². The lowest BCUT2D eigenvalue weighted by molar-refractivity contribution is 0.357. The van der Waals surface area contributed by atoms with Gasteiger partial charge in [-0.05, 0) is 12.2 Å². The summed E-state index contributed by atoms with van der Waals surface area (Å²) in [7, 11) is 4.79. The van der Waals surface area contributed by atoms with E-state index in [0.29, 0.717) is 22.4 Å². The highest BCUT2D eigenvalue weighted by atomic mass is 32.1. The SMILES string of the molecule is COc1cc(OC)c(C2NNC(=S)N2)c(OC)c1. The van der Waals surface area contributed by atoms with Crippen LogP contribution in [0, 0.1) is 0 Å². The van der Waals surface area contributed by atoms with E-state index in [1.165, 1.54) is 0 Å². The van der Waals surface area contributed by atoms with Gasteiger partial charge in [-0.1, -0.05) is 0 Å². The summed E-state index contributed by atoms with van der Waals surface area (Å²) in [5.74, 6) is 1.98. The minimum Gasteiger partial charge on any atom is -0.496 e. The molecule has 1 aliphatic heterocycles. The van der Waals surface area contributed by atoms with Crippen molar-refractivity contribution in [3.8, 4) is 17.2 Å². The summed E-state index contributed by atoms with van der Waals surface area (Å²) < 4.78 is 15.9. The molecule has 1 unspecified atom stereocenters. The van der Waals surface area contributed by atoms with Crippen molar-refractivity contribution in [3.63, 3.8) is 0 Å². The van der Waals surface area contributed by atoms with Crippen LogP contribution in [0.2, 0.25) is 0 Å². The minimum absolute atomic E-state index is 0.215. The van der Waals surface area contributed by atoms with E-state index in [1.54, 1.807) is 33.5 Å². The maximum atomic E-state index is 5.37. The van der Waals surface area contributed by atoms with Gasteiger partial charge in [0.25, 0.3) is 0 Å². The third kappa shape index (κ3) is 2.27. The van der Waals surface area contributed by atoms with Crippen molar-refractivity contribution >= 4 is 17.3 Å². The Morgan fingerprint density at radius 1 is 1.06 bits per heavy atom. The van der Waals surface area contributed by atoms with E-state index in [-0.39, 0.29) is 6.17 Å². The van der Waals surface area contributed by atoms with Crippen LogP contribution < -0.4 is 30.4 Å². The zero-order chi connectivity index (χ0) is 13.1. The third-order valence-corrected chi connectivity index (χ3v) is 2.87. The predicted molar refractivity (Wildman–Crippen MR) is 70.8 cm³/mol. The van der Waals surface area contributed by atoms with Gasteiger partial charge in [0.05, 0.1) is 26.9 Å². The molecule has 98 valence electrons. The molecule has 0 saturated carbocycles. The number of rotatable bonds is 4. The molecular weight excluding hydrogens is 254 g/mol. The summed E-state index contributed by atoms with van der Waals surface area (Å²) in [4.78, 5) is 0. The summed E-state index contributed by atoms with van der Waals surface area (Å²) >= 11 is 5.01. The first-order valence-electron chi connectivity index (χ1n) is 5.31. The minimum atomic E-state index is -0.215. The highest BCUT2D eigenvalue weighted by Crippen LogP contribution is 2.37. The Bertz CT molecular complexity index is 442. The van der Waals surface area contributed by atoms with Gasteiger partial charge < -0.3 is 19.5 Å². The van der Waals surface area contributed by atoms with Crippen molar-refractivity contribution in [1.82, 2.24) is 16.2 Å². The third-order valence-electron chi connectivity index (χ3n) is 2.65. The number of hydrazine groups is 1. The Hall–Kier alpha value is -1.73. The van der Waals surface area contributed by atoms with Crippen LogP contribution in [-0.2, 0) is 0 Å². The van der Waals surface area contributed by atoms with Crippen LogP contribution in [0.25, 0.3) is 0 Å². The molecule has 0 spiro atoms. The standard InChI is InChI=1S/C11H15N3O3S/c1-15-6-4-7(16-2)9(8(5-6)17-3)10-12-11(18)14-13-10/h4-5,10,13H,1-3H3,(H2,12,14,18). The molecule has 7 heteroatoms. The Morgan fingerprint density at radius 3 is 2.06 bits per heavy atom. The summed E-state index contributed by atoms with van der Waals surface area (Å²) in [5.41, 5.74) is 6.66. The molecule has 1 heterocycles. The van der Waals surface area contributed by atoms with E-state index in [0.717, 1.165) is 5.56 Å². The lowest BCUT2D eigenvalue weighted by Gasteiger charge is -2.19. The topological polar surface area (TPSA) is 63.8 Å². The quantitative estimate of drug-likeness (QED) is 0.695. The van der Waals surface area contributed by atoms with Crippen molar-refractivity contribution in [2.45, 2.75) is 6.17 Å². The van der Waals surface area contributed by atoms with E-state index in [1.807, 2.05) is 0 Å². The molecule has 0 amide bonds. The Labute approximate surface area is 111 Å². The van der Waals surface area contributed by atoms with Crippen LogP contribution in [0.4, 0.5) is 0 Å². The maximum absolute atomic E-state index is 5.37. The van der Waals surface area contributed by atoms with Crippen molar-refractivity contribution < 1.29 is 14.2 Å². The number of nitrogens with one attached hydrogen (secondary N) is 3. The second-order valence-electron chi connectivity index (χ2n) is 3.62. The van der Waals surface area contributed by atoms with Gasteiger partial charge in [0.2, 0.25) is 0 Å². The fraction of sp³-hybridized carbons (Fsp3) is 0.364. The first-order chi connectivity index (χ1) is 8.69. The second kappa shape index (κ2) is 5.28. The van der Waals surface area contributed by atoms with Gasteiger partial charge in [0.15, 0.2) is 5.11 Å². The van der Waals surface area contributed by atoms with Gasteiger partial charge >= 0.3 is 0 Å². The molecule has 0 bridgehead atoms. The van der Waals surface area contributed by atoms with Crippen molar-refractivity contribution in [1.29, 1.82) is 0 Å². The first-order valence-corrected chi connectivity index (χ1v) is 5.72. The fourth-order valence-electron chi connectivity index (χ4n) is 1.80. The molecule has 0 aliphatic carbocycles.